The molecule has 3 unspecified atom stereocenters. The van der Waals surface area contributed by atoms with Crippen molar-refractivity contribution in [3.8, 4) is 22.9 Å². The first-order valence-electron chi connectivity index (χ1n) is 7.93. The zero-order valence-electron chi connectivity index (χ0n) is 14.7. The van der Waals surface area contributed by atoms with E-state index in [0.717, 1.165) is 17.0 Å². The second-order valence-corrected chi connectivity index (χ2v) is 9.24. The zero-order chi connectivity index (χ0) is 19.1. The summed E-state index contributed by atoms with van der Waals surface area (Å²) < 4.78 is 20.6. The summed E-state index contributed by atoms with van der Waals surface area (Å²) in [5.74, 6) is 1.17. The topological polar surface area (TPSA) is 63.2 Å². The fraction of sp³-hybridized carbons (Fsp3) is 0.278. The molecule has 3 atom stereocenters. The van der Waals surface area contributed by atoms with Crippen LogP contribution >= 0.6 is 18.5 Å². The standard InChI is InChI=1S/C18H19FN4OP2/c1-17(2,25)16-22-14(8-20)15-21-9-12(10-23(15)16)11-4-6-13(7-5-11)24-18(3,19)26/h4-7,9-10H,25-26H2,1-3H3. The summed E-state index contributed by atoms with van der Waals surface area (Å²) in [5, 5.41) is 8.99. The lowest BCUT2D eigenvalue weighted by atomic mass is 10.1. The summed E-state index contributed by atoms with van der Waals surface area (Å²) in [5.41, 5.74) is 0.767. The Kier molecular flexibility index (Phi) is 4.73. The first kappa shape index (κ1) is 18.7. The van der Waals surface area contributed by atoms with E-state index in [0.29, 0.717) is 17.1 Å². The van der Waals surface area contributed by atoms with Crippen LogP contribution in [0.1, 0.15) is 32.3 Å². The molecule has 0 aliphatic rings. The number of benzene rings is 1. The van der Waals surface area contributed by atoms with E-state index in [1.807, 2.05) is 45.8 Å². The Labute approximate surface area is 156 Å². The highest BCUT2D eigenvalue weighted by Crippen LogP contribution is 2.32. The number of hydrogen-bond donors (Lipinski definition) is 0. The van der Waals surface area contributed by atoms with Crippen molar-refractivity contribution in [2.75, 3.05) is 0 Å². The smallest absolute Gasteiger partial charge is 0.256 e. The van der Waals surface area contributed by atoms with E-state index in [2.05, 4.69) is 25.3 Å². The van der Waals surface area contributed by atoms with Crippen molar-refractivity contribution in [2.45, 2.75) is 31.5 Å². The molecule has 2 heterocycles. The van der Waals surface area contributed by atoms with Crippen LogP contribution in [0.2, 0.25) is 0 Å². The highest BCUT2D eigenvalue weighted by Gasteiger charge is 2.24. The first-order valence-corrected chi connectivity index (χ1v) is 9.09. The molecule has 5 nitrogen and oxygen atoms in total. The van der Waals surface area contributed by atoms with Gasteiger partial charge in [0.15, 0.2) is 11.3 Å². The molecule has 3 rings (SSSR count). The molecule has 0 aliphatic carbocycles. The quantitative estimate of drug-likeness (QED) is 0.626. The van der Waals surface area contributed by atoms with Crippen molar-refractivity contribution in [1.82, 2.24) is 14.4 Å². The van der Waals surface area contributed by atoms with Gasteiger partial charge in [-0.15, -0.1) is 9.24 Å². The number of fused-ring (bicyclic) bond motifs is 1. The molecule has 0 amide bonds. The Morgan fingerprint density at radius 3 is 2.35 bits per heavy atom. The van der Waals surface area contributed by atoms with Crippen molar-refractivity contribution in [3.63, 3.8) is 0 Å². The average molecular weight is 388 g/mol. The molecule has 134 valence electrons. The van der Waals surface area contributed by atoms with Crippen LogP contribution in [0.15, 0.2) is 36.7 Å². The fourth-order valence-electron chi connectivity index (χ4n) is 2.60. The summed E-state index contributed by atoms with van der Waals surface area (Å²) in [4.78, 5) is 8.84. The molecule has 0 N–H and O–H groups in total. The van der Waals surface area contributed by atoms with Gasteiger partial charge in [0.2, 0.25) is 0 Å². The van der Waals surface area contributed by atoms with E-state index in [9.17, 15) is 9.65 Å². The third-order valence-corrected chi connectivity index (χ3v) is 4.04. The number of ether oxygens (including phenoxy) is 1. The van der Waals surface area contributed by atoms with Crippen LogP contribution in [0.25, 0.3) is 16.8 Å². The molecular weight excluding hydrogens is 369 g/mol. The monoisotopic (exact) mass is 388 g/mol. The second-order valence-electron chi connectivity index (χ2n) is 6.77. The van der Waals surface area contributed by atoms with Gasteiger partial charge in [-0.2, -0.15) is 9.65 Å². The molecule has 0 saturated carbocycles. The van der Waals surface area contributed by atoms with Gasteiger partial charge in [-0.3, -0.25) is 4.40 Å². The Morgan fingerprint density at radius 2 is 1.81 bits per heavy atom. The minimum absolute atomic E-state index is 0.300. The number of aromatic nitrogens is 3. The predicted octanol–water partition coefficient (Wildman–Crippen LogP) is 4.28. The van der Waals surface area contributed by atoms with Gasteiger partial charge < -0.3 is 4.74 Å². The third kappa shape index (κ3) is 3.85. The normalized spacial score (nSPS) is 14.0. The largest absolute Gasteiger partial charge is 0.455 e. The second kappa shape index (κ2) is 6.58. The molecule has 0 saturated heterocycles. The van der Waals surface area contributed by atoms with Crippen molar-refractivity contribution < 1.29 is 9.13 Å². The molecular formula is C18H19FN4OP2. The van der Waals surface area contributed by atoms with Crippen LogP contribution in [-0.2, 0) is 5.16 Å². The summed E-state index contributed by atoms with van der Waals surface area (Å²) in [6.45, 7) is 5.33. The number of nitrogens with zero attached hydrogens (tertiary/aromatic N) is 4. The number of rotatable bonds is 4. The van der Waals surface area contributed by atoms with E-state index < -0.39 is 5.60 Å². The number of alkyl halides is 1. The average Bonchev–Trinajstić information content (AvgIpc) is 2.92. The maximum absolute atomic E-state index is 13.6. The van der Waals surface area contributed by atoms with Crippen LogP contribution in [0, 0.1) is 11.3 Å². The molecule has 1 aromatic carbocycles. The van der Waals surface area contributed by atoms with Crippen LogP contribution in [0.3, 0.4) is 0 Å². The lowest BCUT2D eigenvalue weighted by Crippen LogP contribution is -2.16. The van der Waals surface area contributed by atoms with Gasteiger partial charge in [-0.1, -0.05) is 21.4 Å². The number of nitriles is 1. The molecule has 0 spiro atoms. The van der Waals surface area contributed by atoms with Gasteiger partial charge in [-0.25, -0.2) is 9.97 Å². The highest BCUT2D eigenvalue weighted by molar-refractivity contribution is 7.18. The van der Waals surface area contributed by atoms with E-state index in [1.165, 1.54) is 6.92 Å². The van der Waals surface area contributed by atoms with Crippen LogP contribution in [0.5, 0.6) is 5.75 Å². The van der Waals surface area contributed by atoms with Gasteiger partial charge in [0.05, 0.1) is 0 Å². The number of hydrogen-bond acceptors (Lipinski definition) is 4. The summed E-state index contributed by atoms with van der Waals surface area (Å²) >= 11 is 0. The fourth-order valence-corrected chi connectivity index (χ4v) is 2.94. The molecule has 3 aromatic rings. The Bertz CT molecular complexity index is 995. The molecule has 0 bridgehead atoms. The summed E-state index contributed by atoms with van der Waals surface area (Å²) in [6, 6.07) is 9.17. The van der Waals surface area contributed by atoms with Gasteiger partial charge >= 0.3 is 0 Å². The third-order valence-electron chi connectivity index (χ3n) is 3.67. The number of imidazole rings is 1. The van der Waals surface area contributed by atoms with Crippen LogP contribution in [-0.4, -0.2) is 20.0 Å². The maximum Gasteiger partial charge on any atom is 0.256 e. The molecule has 8 heteroatoms. The zero-order valence-corrected chi connectivity index (χ0v) is 17.0. The lowest BCUT2D eigenvalue weighted by Gasteiger charge is -2.17. The van der Waals surface area contributed by atoms with E-state index in [4.69, 9.17) is 4.74 Å². The lowest BCUT2D eigenvalue weighted by molar-refractivity contribution is 0.0473. The maximum atomic E-state index is 13.6. The van der Waals surface area contributed by atoms with Crippen LogP contribution in [0.4, 0.5) is 4.39 Å². The Hall–Kier alpha value is -2.08. The molecule has 26 heavy (non-hydrogen) atoms. The minimum atomic E-state index is -1.81. The Balaban J connectivity index is 2.05. The van der Waals surface area contributed by atoms with Gasteiger partial charge in [0, 0.05) is 30.0 Å². The van der Waals surface area contributed by atoms with E-state index in [-0.39, 0.29) is 5.16 Å². The summed E-state index contributed by atoms with van der Waals surface area (Å²) in [6.07, 6.45) is 3.60. The predicted molar refractivity (Wildman–Crippen MR) is 106 cm³/mol. The van der Waals surface area contributed by atoms with Gasteiger partial charge in [-0.05, 0) is 31.5 Å². The minimum Gasteiger partial charge on any atom is -0.455 e. The van der Waals surface area contributed by atoms with Crippen molar-refractivity contribution in [2.24, 2.45) is 0 Å². The first-order chi connectivity index (χ1) is 12.1. The van der Waals surface area contributed by atoms with Gasteiger partial charge in [0.1, 0.15) is 17.6 Å². The van der Waals surface area contributed by atoms with Crippen molar-refractivity contribution >= 4 is 24.1 Å². The molecule has 0 radical (unpaired) electrons. The number of halogens is 1. The van der Waals surface area contributed by atoms with E-state index >= 15 is 0 Å². The van der Waals surface area contributed by atoms with Crippen molar-refractivity contribution in [1.29, 1.82) is 5.26 Å². The molecule has 2 aromatic heterocycles. The highest BCUT2D eigenvalue weighted by atomic mass is 31.0. The molecule has 0 aliphatic heterocycles. The SMILES string of the molecule is CC(F)(P)Oc1ccc(-c2cnc3c(C#N)nc(C(C)(C)P)n3c2)cc1. The molecule has 0 fully saturated rings. The van der Waals surface area contributed by atoms with E-state index in [1.54, 1.807) is 18.3 Å². The van der Waals surface area contributed by atoms with Crippen molar-refractivity contribution in [3.05, 3.63) is 48.2 Å². The van der Waals surface area contributed by atoms with Gasteiger partial charge in [0.25, 0.3) is 5.60 Å². The van der Waals surface area contributed by atoms with Crippen LogP contribution < -0.4 is 4.74 Å². The Morgan fingerprint density at radius 1 is 1.15 bits per heavy atom. The summed E-state index contributed by atoms with van der Waals surface area (Å²) in [7, 11) is 4.73.